The molecule has 2 amide bonds. The van der Waals surface area contributed by atoms with Gasteiger partial charge in [-0.3, -0.25) is 9.59 Å². The number of hydrogen-bond donors (Lipinski definition) is 2. The molecule has 0 bridgehead atoms. The lowest BCUT2D eigenvalue weighted by Crippen LogP contribution is -2.26. The van der Waals surface area contributed by atoms with E-state index in [0.29, 0.717) is 23.2 Å². The molecular formula is C13H17N5O3S. The predicted octanol–water partition coefficient (Wildman–Crippen LogP) is 1.61. The first-order chi connectivity index (χ1) is 10.6. The van der Waals surface area contributed by atoms with Crippen molar-refractivity contribution in [3.05, 3.63) is 11.2 Å². The fraction of sp³-hybridized carbons (Fsp3) is 0.462. The minimum Gasteiger partial charge on any atom is -0.356 e. The highest BCUT2D eigenvalue weighted by molar-refractivity contribution is 7.14. The largest absolute Gasteiger partial charge is 0.356 e. The van der Waals surface area contributed by atoms with Gasteiger partial charge in [0.2, 0.25) is 11.8 Å². The molecule has 22 heavy (non-hydrogen) atoms. The zero-order valence-electron chi connectivity index (χ0n) is 12.4. The quantitative estimate of drug-likeness (QED) is 0.749. The van der Waals surface area contributed by atoms with E-state index in [1.165, 1.54) is 18.3 Å². The third-order valence-electron chi connectivity index (χ3n) is 2.65. The fourth-order valence-electron chi connectivity index (χ4n) is 1.62. The summed E-state index contributed by atoms with van der Waals surface area (Å²) in [5.74, 6) is 0.191. The summed E-state index contributed by atoms with van der Waals surface area (Å²) >= 11 is 1.26. The molecule has 118 valence electrons. The fourth-order valence-corrected chi connectivity index (χ4v) is 2.35. The van der Waals surface area contributed by atoms with Gasteiger partial charge in [0.15, 0.2) is 11.0 Å². The highest BCUT2D eigenvalue weighted by atomic mass is 32.1. The lowest BCUT2D eigenvalue weighted by atomic mass is 10.3. The monoisotopic (exact) mass is 323 g/mol. The molecule has 0 unspecified atom stereocenters. The maximum atomic E-state index is 11.7. The van der Waals surface area contributed by atoms with Gasteiger partial charge >= 0.3 is 0 Å². The minimum atomic E-state index is -0.198. The van der Waals surface area contributed by atoms with E-state index >= 15 is 0 Å². The Bertz CT molecular complexity index is 652. The van der Waals surface area contributed by atoms with Crippen molar-refractivity contribution < 1.29 is 14.1 Å². The summed E-state index contributed by atoms with van der Waals surface area (Å²) in [4.78, 5) is 30.9. The third kappa shape index (κ3) is 4.62. The highest BCUT2D eigenvalue weighted by Crippen LogP contribution is 2.23. The van der Waals surface area contributed by atoms with E-state index in [9.17, 15) is 9.59 Å². The summed E-state index contributed by atoms with van der Waals surface area (Å²) in [5, 5.41) is 11.3. The van der Waals surface area contributed by atoms with Crippen LogP contribution in [0.25, 0.3) is 11.6 Å². The predicted molar refractivity (Wildman–Crippen MR) is 81.3 cm³/mol. The number of nitrogens with one attached hydrogen (secondary N) is 2. The molecule has 2 heterocycles. The van der Waals surface area contributed by atoms with Crippen molar-refractivity contribution in [3.63, 3.8) is 0 Å². The van der Waals surface area contributed by atoms with Gasteiger partial charge in [-0.2, -0.15) is 4.98 Å². The Hall–Kier alpha value is -2.29. The number of nitrogens with zero attached hydrogens (tertiary/aromatic N) is 3. The SMILES string of the molecule is CCCCNC(=O)Cc1noc(-c2csc(NC(C)=O)n2)n1. The van der Waals surface area contributed by atoms with Crippen LogP contribution in [0.15, 0.2) is 9.90 Å². The Labute approximate surface area is 131 Å². The second kappa shape index (κ2) is 7.64. The Morgan fingerprint density at radius 2 is 2.18 bits per heavy atom. The summed E-state index contributed by atoms with van der Waals surface area (Å²) in [7, 11) is 0. The molecule has 2 aromatic heterocycles. The molecule has 2 aromatic rings. The first-order valence-corrected chi connectivity index (χ1v) is 7.79. The number of hydrogen-bond acceptors (Lipinski definition) is 7. The summed E-state index contributed by atoms with van der Waals surface area (Å²) in [6.45, 7) is 4.11. The van der Waals surface area contributed by atoms with Crippen LogP contribution in [0.3, 0.4) is 0 Å². The zero-order chi connectivity index (χ0) is 15.9. The molecular weight excluding hydrogens is 306 g/mol. The van der Waals surface area contributed by atoms with Crippen LogP contribution in [0.5, 0.6) is 0 Å². The maximum absolute atomic E-state index is 11.7. The summed E-state index contributed by atoms with van der Waals surface area (Å²) in [6.07, 6.45) is 2.02. The molecule has 8 nitrogen and oxygen atoms in total. The molecule has 0 saturated carbocycles. The number of rotatable bonds is 7. The maximum Gasteiger partial charge on any atom is 0.277 e. The van der Waals surface area contributed by atoms with E-state index in [-0.39, 0.29) is 24.1 Å². The molecule has 0 aliphatic rings. The van der Waals surface area contributed by atoms with Gasteiger partial charge in [0.05, 0.1) is 6.42 Å². The average molecular weight is 323 g/mol. The molecule has 9 heteroatoms. The second-order valence-electron chi connectivity index (χ2n) is 4.62. The molecule has 0 aromatic carbocycles. The first kappa shape index (κ1) is 16.1. The standard InChI is InChI=1S/C13H17N5O3S/c1-3-4-5-14-11(20)6-10-17-12(21-18-10)9-7-22-13(16-9)15-8(2)19/h7H,3-6H2,1-2H3,(H,14,20)(H,15,16,19). The summed E-state index contributed by atoms with van der Waals surface area (Å²) in [5.41, 5.74) is 0.471. The van der Waals surface area contributed by atoms with Gasteiger partial charge < -0.3 is 15.2 Å². The summed E-state index contributed by atoms with van der Waals surface area (Å²) < 4.78 is 5.09. The van der Waals surface area contributed by atoms with Crippen LogP contribution >= 0.6 is 11.3 Å². The van der Waals surface area contributed by atoms with Gasteiger partial charge in [0.25, 0.3) is 5.89 Å². The van der Waals surface area contributed by atoms with Crippen LogP contribution in [0, 0.1) is 0 Å². The molecule has 0 spiro atoms. The Balaban J connectivity index is 1.94. The number of anilines is 1. The molecule has 0 aliphatic heterocycles. The van der Waals surface area contributed by atoms with Gasteiger partial charge in [-0.1, -0.05) is 18.5 Å². The molecule has 2 rings (SSSR count). The molecule has 0 saturated heterocycles. The smallest absolute Gasteiger partial charge is 0.277 e. The van der Waals surface area contributed by atoms with Crippen molar-refractivity contribution in [1.29, 1.82) is 0 Å². The number of thiazole rings is 1. The topological polar surface area (TPSA) is 110 Å². The van der Waals surface area contributed by atoms with Crippen LogP contribution in [-0.4, -0.2) is 33.5 Å². The lowest BCUT2D eigenvalue weighted by molar-refractivity contribution is -0.120. The number of aromatic nitrogens is 3. The first-order valence-electron chi connectivity index (χ1n) is 6.91. The number of amides is 2. The van der Waals surface area contributed by atoms with Gasteiger partial charge in [-0.25, -0.2) is 4.98 Å². The Morgan fingerprint density at radius 1 is 1.36 bits per heavy atom. The number of carbonyl (C=O) groups is 2. The van der Waals surface area contributed by atoms with E-state index in [1.807, 2.05) is 0 Å². The van der Waals surface area contributed by atoms with E-state index < -0.39 is 0 Å². The lowest BCUT2D eigenvalue weighted by Gasteiger charge is -2.00. The molecule has 0 radical (unpaired) electrons. The van der Waals surface area contributed by atoms with E-state index in [1.54, 1.807) is 5.38 Å². The van der Waals surface area contributed by atoms with Crippen LogP contribution in [0.4, 0.5) is 5.13 Å². The summed E-state index contributed by atoms with van der Waals surface area (Å²) in [6, 6.07) is 0. The normalized spacial score (nSPS) is 10.5. The van der Waals surface area contributed by atoms with Gasteiger partial charge in [-0.05, 0) is 6.42 Å². The van der Waals surface area contributed by atoms with Crippen molar-refractivity contribution in [2.45, 2.75) is 33.1 Å². The van der Waals surface area contributed by atoms with E-state index in [0.717, 1.165) is 12.8 Å². The third-order valence-corrected chi connectivity index (χ3v) is 3.40. The Kier molecular flexibility index (Phi) is 5.59. The average Bonchev–Trinajstić information content (AvgIpc) is 3.07. The molecule has 0 aliphatic carbocycles. The van der Waals surface area contributed by atoms with Crippen LogP contribution in [0.1, 0.15) is 32.5 Å². The second-order valence-corrected chi connectivity index (χ2v) is 5.47. The number of unbranched alkanes of at least 4 members (excludes halogenated alkanes) is 1. The molecule has 2 N–H and O–H groups in total. The minimum absolute atomic E-state index is 0.0654. The molecule has 0 atom stereocenters. The van der Waals surface area contributed by atoms with E-state index in [2.05, 4.69) is 32.7 Å². The van der Waals surface area contributed by atoms with Gasteiger partial charge in [-0.15, -0.1) is 11.3 Å². The van der Waals surface area contributed by atoms with Crippen molar-refractivity contribution in [3.8, 4) is 11.6 Å². The van der Waals surface area contributed by atoms with E-state index in [4.69, 9.17) is 4.52 Å². The van der Waals surface area contributed by atoms with Crippen LogP contribution in [0.2, 0.25) is 0 Å². The van der Waals surface area contributed by atoms with Gasteiger partial charge in [0, 0.05) is 18.8 Å². The molecule has 0 fully saturated rings. The van der Waals surface area contributed by atoms with Gasteiger partial charge in [0.1, 0.15) is 5.69 Å². The van der Waals surface area contributed by atoms with Crippen molar-refractivity contribution >= 4 is 28.3 Å². The van der Waals surface area contributed by atoms with Crippen molar-refractivity contribution in [2.75, 3.05) is 11.9 Å². The van der Waals surface area contributed by atoms with Crippen molar-refractivity contribution in [1.82, 2.24) is 20.4 Å². The zero-order valence-corrected chi connectivity index (χ0v) is 13.2. The van der Waals surface area contributed by atoms with Crippen LogP contribution < -0.4 is 10.6 Å². The van der Waals surface area contributed by atoms with Crippen LogP contribution in [-0.2, 0) is 16.0 Å². The highest BCUT2D eigenvalue weighted by Gasteiger charge is 2.15. The number of carbonyl (C=O) groups excluding carboxylic acids is 2. The Morgan fingerprint density at radius 3 is 2.91 bits per heavy atom. The van der Waals surface area contributed by atoms with Crippen molar-refractivity contribution in [2.24, 2.45) is 0 Å².